The molecule has 1 aliphatic rings. The second kappa shape index (κ2) is 4.84. The maximum Gasteiger partial charge on any atom is 0.117 e. The topological polar surface area (TPSA) is 54.4 Å². The molecule has 2 N–H and O–H groups in total. The molecule has 1 fully saturated rings. The summed E-state index contributed by atoms with van der Waals surface area (Å²) in [6.07, 6.45) is 1.66. The number of anilines is 1. The van der Waals surface area contributed by atoms with Crippen molar-refractivity contribution in [1.82, 2.24) is 4.37 Å². The number of ether oxygens (including phenoxy) is 1. The second-order valence-electron chi connectivity index (χ2n) is 4.70. The van der Waals surface area contributed by atoms with Crippen molar-refractivity contribution in [2.45, 2.75) is 18.4 Å². The van der Waals surface area contributed by atoms with E-state index in [1.165, 1.54) is 11.5 Å². The third-order valence-corrected chi connectivity index (χ3v) is 4.31. The number of nitrogens with one attached hydrogen (secondary N) is 1. The molecule has 2 heterocycles. The molecular formula is C13H16N2O2S. The maximum absolute atomic E-state index is 9.68. The lowest BCUT2D eigenvalue weighted by Gasteiger charge is -2.36. The molecule has 0 bridgehead atoms. The summed E-state index contributed by atoms with van der Waals surface area (Å²) in [6.45, 7) is 1.52. The van der Waals surface area contributed by atoms with Gasteiger partial charge in [0.05, 0.1) is 17.7 Å². The lowest BCUT2D eigenvalue weighted by atomic mass is 9.91. The molecular weight excluding hydrogens is 248 g/mol. The Kier molecular flexibility index (Phi) is 3.20. The minimum Gasteiger partial charge on any atom is -0.394 e. The van der Waals surface area contributed by atoms with Crippen LogP contribution in [-0.2, 0) is 4.74 Å². The highest BCUT2D eigenvalue weighted by Crippen LogP contribution is 2.33. The molecule has 1 aromatic carbocycles. The molecule has 0 spiro atoms. The van der Waals surface area contributed by atoms with Gasteiger partial charge in [-0.1, -0.05) is 12.1 Å². The van der Waals surface area contributed by atoms with Gasteiger partial charge in [-0.25, -0.2) is 0 Å². The lowest BCUT2D eigenvalue weighted by Crippen LogP contribution is -2.46. The number of aliphatic hydroxyl groups is 1. The number of hydrogen-bond donors (Lipinski definition) is 2. The molecule has 4 nitrogen and oxygen atoms in total. The van der Waals surface area contributed by atoms with E-state index >= 15 is 0 Å². The number of aliphatic hydroxyl groups excluding tert-OH is 1. The summed E-state index contributed by atoms with van der Waals surface area (Å²) in [5.41, 5.74) is 0.748. The summed E-state index contributed by atoms with van der Waals surface area (Å²) in [5, 5.41) is 15.3. The highest BCUT2D eigenvalue weighted by atomic mass is 32.1. The van der Waals surface area contributed by atoms with Crippen LogP contribution in [-0.4, -0.2) is 34.8 Å². The van der Waals surface area contributed by atoms with Crippen molar-refractivity contribution in [1.29, 1.82) is 0 Å². The Hall–Kier alpha value is -1.17. The standard InChI is InChI=1S/C13H16N2O2S/c16-9-13(5-7-17-8-6-13)14-12-10-3-1-2-4-11(10)15-18-12/h1-4,14,16H,5-9H2. The average Bonchev–Trinajstić information content (AvgIpc) is 2.83. The van der Waals surface area contributed by atoms with Crippen molar-refractivity contribution in [3.05, 3.63) is 24.3 Å². The molecule has 96 valence electrons. The molecule has 1 aromatic heterocycles. The average molecular weight is 264 g/mol. The highest BCUT2D eigenvalue weighted by molar-refractivity contribution is 7.11. The van der Waals surface area contributed by atoms with Gasteiger partial charge < -0.3 is 15.2 Å². The molecule has 1 saturated heterocycles. The van der Waals surface area contributed by atoms with Gasteiger partial charge in [-0.15, -0.1) is 0 Å². The summed E-state index contributed by atoms with van der Waals surface area (Å²) in [5.74, 6) is 0. The predicted octanol–water partition coefficient (Wildman–Crippen LogP) is 2.25. The van der Waals surface area contributed by atoms with Gasteiger partial charge in [-0.2, -0.15) is 4.37 Å². The Morgan fingerprint density at radius 1 is 1.33 bits per heavy atom. The fourth-order valence-electron chi connectivity index (χ4n) is 2.31. The van der Waals surface area contributed by atoms with Crippen LogP contribution in [0.3, 0.4) is 0 Å². The number of hydrogen-bond acceptors (Lipinski definition) is 5. The Morgan fingerprint density at radius 3 is 2.89 bits per heavy atom. The molecule has 0 unspecified atom stereocenters. The molecule has 0 atom stereocenters. The van der Waals surface area contributed by atoms with Gasteiger partial charge >= 0.3 is 0 Å². The summed E-state index contributed by atoms with van der Waals surface area (Å²) >= 11 is 1.46. The van der Waals surface area contributed by atoms with Crippen LogP contribution in [0.4, 0.5) is 5.00 Å². The fraction of sp³-hybridized carbons (Fsp3) is 0.462. The van der Waals surface area contributed by atoms with E-state index in [0.29, 0.717) is 13.2 Å². The molecule has 0 radical (unpaired) electrons. The lowest BCUT2D eigenvalue weighted by molar-refractivity contribution is 0.0381. The van der Waals surface area contributed by atoms with Crippen LogP contribution in [0, 0.1) is 0 Å². The first-order valence-electron chi connectivity index (χ1n) is 6.14. The Labute approximate surface area is 110 Å². The summed E-state index contributed by atoms with van der Waals surface area (Å²) in [7, 11) is 0. The minimum absolute atomic E-state index is 0.128. The van der Waals surface area contributed by atoms with E-state index < -0.39 is 0 Å². The quantitative estimate of drug-likeness (QED) is 0.892. The van der Waals surface area contributed by atoms with E-state index in [-0.39, 0.29) is 12.1 Å². The van der Waals surface area contributed by atoms with E-state index in [9.17, 15) is 5.11 Å². The van der Waals surface area contributed by atoms with Gasteiger partial charge in [0.25, 0.3) is 0 Å². The smallest absolute Gasteiger partial charge is 0.117 e. The first-order valence-corrected chi connectivity index (χ1v) is 6.92. The largest absolute Gasteiger partial charge is 0.394 e. The zero-order valence-electron chi connectivity index (χ0n) is 10.1. The number of nitrogens with zero attached hydrogens (tertiary/aromatic N) is 1. The van der Waals surface area contributed by atoms with Gasteiger partial charge in [-0.05, 0) is 36.5 Å². The van der Waals surface area contributed by atoms with Crippen molar-refractivity contribution >= 4 is 27.4 Å². The molecule has 0 saturated carbocycles. The summed E-state index contributed by atoms with van der Waals surface area (Å²) < 4.78 is 9.79. The number of benzene rings is 1. The van der Waals surface area contributed by atoms with E-state index in [4.69, 9.17) is 4.74 Å². The molecule has 18 heavy (non-hydrogen) atoms. The van der Waals surface area contributed by atoms with Crippen molar-refractivity contribution < 1.29 is 9.84 Å². The van der Waals surface area contributed by atoms with E-state index in [1.807, 2.05) is 18.2 Å². The van der Waals surface area contributed by atoms with Gasteiger partial charge in [0.15, 0.2) is 0 Å². The Morgan fingerprint density at radius 2 is 2.11 bits per heavy atom. The SMILES string of the molecule is OCC1(Nc2snc3ccccc23)CCOCC1. The molecule has 0 aliphatic carbocycles. The van der Waals surface area contributed by atoms with Crippen LogP contribution in [0.5, 0.6) is 0 Å². The van der Waals surface area contributed by atoms with Crippen molar-refractivity contribution in [2.24, 2.45) is 0 Å². The van der Waals surface area contributed by atoms with Gasteiger partial charge in [-0.3, -0.25) is 0 Å². The van der Waals surface area contributed by atoms with Crippen LogP contribution in [0.2, 0.25) is 0 Å². The van der Waals surface area contributed by atoms with Crippen LogP contribution < -0.4 is 5.32 Å². The highest BCUT2D eigenvalue weighted by Gasteiger charge is 2.32. The zero-order chi connectivity index (χ0) is 12.4. The van der Waals surface area contributed by atoms with Crippen molar-refractivity contribution in [2.75, 3.05) is 25.1 Å². The summed E-state index contributed by atoms with van der Waals surface area (Å²) in [6, 6.07) is 8.07. The van der Waals surface area contributed by atoms with Crippen LogP contribution in [0.15, 0.2) is 24.3 Å². The number of rotatable bonds is 3. The Bertz CT molecular complexity index is 535. The third-order valence-electron chi connectivity index (χ3n) is 3.52. The van der Waals surface area contributed by atoms with Gasteiger partial charge in [0.1, 0.15) is 5.00 Å². The van der Waals surface area contributed by atoms with Gasteiger partial charge in [0, 0.05) is 18.6 Å². The minimum atomic E-state index is -0.256. The van der Waals surface area contributed by atoms with Crippen LogP contribution in [0.1, 0.15) is 12.8 Å². The first-order chi connectivity index (χ1) is 8.83. The monoisotopic (exact) mass is 264 g/mol. The molecule has 3 rings (SSSR count). The molecule has 0 amide bonds. The fourth-order valence-corrected chi connectivity index (χ4v) is 3.19. The van der Waals surface area contributed by atoms with E-state index in [2.05, 4.69) is 15.8 Å². The van der Waals surface area contributed by atoms with Crippen molar-refractivity contribution in [3.63, 3.8) is 0 Å². The summed E-state index contributed by atoms with van der Waals surface area (Å²) in [4.78, 5) is 0. The van der Waals surface area contributed by atoms with Crippen molar-refractivity contribution in [3.8, 4) is 0 Å². The maximum atomic E-state index is 9.68. The van der Waals surface area contributed by atoms with E-state index in [0.717, 1.165) is 28.7 Å². The predicted molar refractivity (Wildman–Crippen MR) is 73.1 cm³/mol. The molecule has 2 aromatic rings. The second-order valence-corrected chi connectivity index (χ2v) is 5.48. The molecule has 5 heteroatoms. The van der Waals surface area contributed by atoms with Gasteiger partial charge in [0.2, 0.25) is 0 Å². The number of fused-ring (bicyclic) bond motifs is 1. The Balaban J connectivity index is 1.90. The molecule has 1 aliphatic heterocycles. The van der Waals surface area contributed by atoms with Crippen LogP contribution in [0.25, 0.3) is 10.9 Å². The third kappa shape index (κ3) is 2.09. The first kappa shape index (κ1) is 11.9. The number of aromatic nitrogens is 1. The normalized spacial score (nSPS) is 18.9. The van der Waals surface area contributed by atoms with E-state index in [1.54, 1.807) is 0 Å². The van der Waals surface area contributed by atoms with Crippen LogP contribution >= 0.6 is 11.5 Å². The zero-order valence-corrected chi connectivity index (χ0v) is 10.9.